The third-order valence-electron chi connectivity index (χ3n) is 5.71. The zero-order chi connectivity index (χ0) is 21.3. The molecule has 0 aliphatic carbocycles. The molecule has 4 rings (SSSR count). The summed E-state index contributed by atoms with van der Waals surface area (Å²) in [6, 6.07) is 13.1. The number of nitrogens with zero attached hydrogens (tertiary/aromatic N) is 3. The predicted molar refractivity (Wildman–Crippen MR) is 114 cm³/mol. The first-order valence-electron chi connectivity index (χ1n) is 10.3. The standard InChI is InChI=1S/C24H27N3O3/c1-17(2)27(24(29)19-8-6-18(3)7-9-19)15-22(28)26-13-12-25-11-4-5-21(25)23(26)20-10-14-30-16-20/h4-11,14,16-17,23H,12-13,15H2,1-3H3. The van der Waals surface area contributed by atoms with Gasteiger partial charge in [0.1, 0.15) is 12.6 Å². The molecule has 2 aromatic heterocycles. The molecule has 6 heteroatoms. The van der Waals surface area contributed by atoms with Crippen molar-refractivity contribution in [2.45, 2.75) is 39.4 Å². The molecular weight excluding hydrogens is 378 g/mol. The quantitative estimate of drug-likeness (QED) is 0.647. The van der Waals surface area contributed by atoms with Crippen LogP contribution in [0.1, 0.15) is 47.1 Å². The fourth-order valence-electron chi connectivity index (χ4n) is 4.02. The van der Waals surface area contributed by atoms with Crippen LogP contribution < -0.4 is 0 Å². The van der Waals surface area contributed by atoms with Gasteiger partial charge in [-0.15, -0.1) is 0 Å². The minimum Gasteiger partial charge on any atom is -0.472 e. The fraction of sp³-hybridized carbons (Fsp3) is 0.333. The molecule has 1 unspecified atom stereocenters. The summed E-state index contributed by atoms with van der Waals surface area (Å²) in [4.78, 5) is 30.1. The molecule has 0 saturated heterocycles. The summed E-state index contributed by atoms with van der Waals surface area (Å²) >= 11 is 0. The highest BCUT2D eigenvalue weighted by Gasteiger charge is 2.34. The second-order valence-corrected chi connectivity index (χ2v) is 8.07. The van der Waals surface area contributed by atoms with E-state index in [1.165, 1.54) is 0 Å². The third-order valence-corrected chi connectivity index (χ3v) is 5.71. The van der Waals surface area contributed by atoms with Crippen molar-refractivity contribution in [3.8, 4) is 0 Å². The van der Waals surface area contributed by atoms with E-state index >= 15 is 0 Å². The topological polar surface area (TPSA) is 58.7 Å². The van der Waals surface area contributed by atoms with Crippen LogP contribution >= 0.6 is 0 Å². The van der Waals surface area contributed by atoms with Gasteiger partial charge in [0, 0.05) is 42.1 Å². The Labute approximate surface area is 176 Å². The first-order valence-corrected chi connectivity index (χ1v) is 10.3. The Balaban J connectivity index is 1.59. The first-order chi connectivity index (χ1) is 14.5. The van der Waals surface area contributed by atoms with Crippen LogP contribution in [0.25, 0.3) is 0 Å². The Hall–Kier alpha value is -3.28. The number of carbonyl (C=O) groups is 2. The van der Waals surface area contributed by atoms with Crippen molar-refractivity contribution in [1.82, 2.24) is 14.4 Å². The molecule has 3 heterocycles. The minimum absolute atomic E-state index is 0.0411. The van der Waals surface area contributed by atoms with E-state index in [1.54, 1.807) is 17.4 Å². The molecule has 156 valence electrons. The number of aryl methyl sites for hydroxylation is 1. The second-order valence-electron chi connectivity index (χ2n) is 8.07. The van der Waals surface area contributed by atoms with E-state index in [-0.39, 0.29) is 30.4 Å². The van der Waals surface area contributed by atoms with Crippen LogP contribution in [-0.2, 0) is 11.3 Å². The Bertz CT molecular complexity index is 1020. The highest BCUT2D eigenvalue weighted by molar-refractivity contribution is 5.96. The molecule has 0 bridgehead atoms. The number of carbonyl (C=O) groups excluding carboxylic acids is 2. The molecule has 1 aromatic carbocycles. The number of hydrogen-bond acceptors (Lipinski definition) is 3. The monoisotopic (exact) mass is 405 g/mol. The lowest BCUT2D eigenvalue weighted by Gasteiger charge is -2.38. The summed E-state index contributed by atoms with van der Waals surface area (Å²) in [5.41, 5.74) is 3.68. The number of amides is 2. The number of aromatic nitrogens is 1. The summed E-state index contributed by atoms with van der Waals surface area (Å²) in [6.07, 6.45) is 5.35. The Morgan fingerprint density at radius 1 is 1.13 bits per heavy atom. The van der Waals surface area contributed by atoms with Crippen LogP contribution in [-0.4, -0.2) is 45.3 Å². The van der Waals surface area contributed by atoms with Crippen molar-refractivity contribution in [2.24, 2.45) is 0 Å². The maximum absolute atomic E-state index is 13.4. The van der Waals surface area contributed by atoms with E-state index in [9.17, 15) is 9.59 Å². The molecule has 2 amide bonds. The van der Waals surface area contributed by atoms with Crippen molar-refractivity contribution in [3.63, 3.8) is 0 Å². The highest BCUT2D eigenvalue weighted by Crippen LogP contribution is 2.33. The number of fused-ring (bicyclic) bond motifs is 1. The van der Waals surface area contributed by atoms with Gasteiger partial charge >= 0.3 is 0 Å². The molecule has 0 fully saturated rings. The molecule has 0 spiro atoms. The second kappa shape index (κ2) is 8.22. The first kappa shape index (κ1) is 20.0. The SMILES string of the molecule is Cc1ccc(C(=O)N(CC(=O)N2CCn3cccc3C2c2ccoc2)C(C)C)cc1. The minimum atomic E-state index is -0.219. The van der Waals surface area contributed by atoms with Crippen LogP contribution in [0.3, 0.4) is 0 Å². The van der Waals surface area contributed by atoms with Gasteiger partial charge in [0.2, 0.25) is 5.91 Å². The predicted octanol–water partition coefficient (Wildman–Crippen LogP) is 3.87. The number of rotatable bonds is 5. The molecule has 3 aromatic rings. The molecule has 0 radical (unpaired) electrons. The van der Waals surface area contributed by atoms with Crippen LogP contribution in [0.2, 0.25) is 0 Å². The number of hydrogen-bond donors (Lipinski definition) is 0. The summed E-state index contributed by atoms with van der Waals surface area (Å²) < 4.78 is 7.47. The van der Waals surface area contributed by atoms with E-state index in [0.29, 0.717) is 12.1 Å². The van der Waals surface area contributed by atoms with Gasteiger partial charge in [0.05, 0.1) is 12.5 Å². The molecule has 1 aliphatic rings. The molecule has 1 atom stereocenters. The number of benzene rings is 1. The zero-order valence-electron chi connectivity index (χ0n) is 17.6. The molecule has 30 heavy (non-hydrogen) atoms. The van der Waals surface area contributed by atoms with E-state index in [0.717, 1.165) is 23.4 Å². The summed E-state index contributed by atoms with van der Waals surface area (Å²) in [5.74, 6) is -0.193. The summed E-state index contributed by atoms with van der Waals surface area (Å²) in [5, 5.41) is 0. The maximum Gasteiger partial charge on any atom is 0.254 e. The van der Waals surface area contributed by atoms with Gasteiger partial charge in [-0.3, -0.25) is 9.59 Å². The third kappa shape index (κ3) is 3.77. The normalized spacial score (nSPS) is 15.9. The van der Waals surface area contributed by atoms with Gasteiger partial charge in [-0.1, -0.05) is 17.7 Å². The van der Waals surface area contributed by atoms with Crippen LogP contribution in [0, 0.1) is 6.92 Å². The van der Waals surface area contributed by atoms with Crippen molar-refractivity contribution in [1.29, 1.82) is 0 Å². The van der Waals surface area contributed by atoms with Crippen molar-refractivity contribution in [2.75, 3.05) is 13.1 Å². The molecule has 0 saturated carbocycles. The number of furan rings is 1. The Kier molecular flexibility index (Phi) is 5.48. The van der Waals surface area contributed by atoms with E-state index in [4.69, 9.17) is 4.42 Å². The molecule has 1 aliphatic heterocycles. The van der Waals surface area contributed by atoms with Crippen molar-refractivity contribution < 1.29 is 14.0 Å². The Morgan fingerprint density at radius 2 is 1.90 bits per heavy atom. The van der Waals surface area contributed by atoms with Gasteiger partial charge in [0.25, 0.3) is 5.91 Å². The molecule has 0 N–H and O–H groups in total. The van der Waals surface area contributed by atoms with Crippen LogP contribution in [0.4, 0.5) is 0 Å². The van der Waals surface area contributed by atoms with Crippen molar-refractivity contribution in [3.05, 3.63) is 83.6 Å². The van der Waals surface area contributed by atoms with Crippen molar-refractivity contribution >= 4 is 11.8 Å². The van der Waals surface area contributed by atoms with E-state index < -0.39 is 0 Å². The summed E-state index contributed by atoms with van der Waals surface area (Å²) in [7, 11) is 0. The lowest BCUT2D eigenvalue weighted by atomic mass is 10.0. The molecule has 6 nitrogen and oxygen atoms in total. The molecular formula is C24H27N3O3. The lowest BCUT2D eigenvalue weighted by molar-refractivity contribution is -0.135. The Morgan fingerprint density at radius 3 is 2.57 bits per heavy atom. The lowest BCUT2D eigenvalue weighted by Crippen LogP contribution is -2.49. The summed E-state index contributed by atoms with van der Waals surface area (Å²) in [6.45, 7) is 7.22. The largest absolute Gasteiger partial charge is 0.472 e. The van der Waals surface area contributed by atoms with Crippen LogP contribution in [0.15, 0.2) is 65.6 Å². The fourth-order valence-corrected chi connectivity index (χ4v) is 4.02. The van der Waals surface area contributed by atoms with Gasteiger partial charge < -0.3 is 18.8 Å². The maximum atomic E-state index is 13.4. The van der Waals surface area contributed by atoms with Gasteiger partial charge in [-0.25, -0.2) is 0 Å². The van der Waals surface area contributed by atoms with Crippen LogP contribution in [0.5, 0.6) is 0 Å². The average Bonchev–Trinajstić information content (AvgIpc) is 3.42. The van der Waals surface area contributed by atoms with E-state index in [2.05, 4.69) is 4.57 Å². The van der Waals surface area contributed by atoms with Gasteiger partial charge in [0.15, 0.2) is 0 Å². The zero-order valence-corrected chi connectivity index (χ0v) is 17.6. The smallest absolute Gasteiger partial charge is 0.254 e. The average molecular weight is 405 g/mol. The van der Waals surface area contributed by atoms with E-state index in [1.807, 2.05) is 74.3 Å². The van der Waals surface area contributed by atoms with Gasteiger partial charge in [-0.2, -0.15) is 0 Å². The van der Waals surface area contributed by atoms with Gasteiger partial charge in [-0.05, 0) is 51.1 Å². The highest BCUT2D eigenvalue weighted by atomic mass is 16.3.